The summed E-state index contributed by atoms with van der Waals surface area (Å²) in [5, 5.41) is 9.94. The number of hydrogen-bond donors (Lipinski definition) is 1. The zero-order valence-corrected chi connectivity index (χ0v) is 13.8. The van der Waals surface area contributed by atoms with E-state index in [1.807, 2.05) is 31.2 Å². The number of aromatic nitrogens is 2. The summed E-state index contributed by atoms with van der Waals surface area (Å²) in [7, 11) is 0. The molecule has 4 nitrogen and oxygen atoms in total. The van der Waals surface area contributed by atoms with Gasteiger partial charge in [-0.25, -0.2) is 14.2 Å². The summed E-state index contributed by atoms with van der Waals surface area (Å²) in [6, 6.07) is 13.7. The molecule has 1 N–H and O–H groups in total. The molecule has 0 radical (unpaired) electrons. The van der Waals surface area contributed by atoms with Crippen molar-refractivity contribution in [2.45, 2.75) is 17.8 Å². The van der Waals surface area contributed by atoms with Gasteiger partial charge in [-0.05, 0) is 42.3 Å². The maximum Gasteiger partial charge on any atom is 0.354 e. The first-order valence-corrected chi connectivity index (χ1v) is 8.29. The largest absolute Gasteiger partial charge is 0.477 e. The minimum absolute atomic E-state index is 0.0499. The molecule has 0 aliphatic carbocycles. The van der Waals surface area contributed by atoms with E-state index < -0.39 is 5.97 Å². The number of imidazole rings is 1. The molecule has 0 fully saturated rings. The van der Waals surface area contributed by atoms with Crippen molar-refractivity contribution in [2.75, 3.05) is 0 Å². The Labute approximate surface area is 143 Å². The third-order valence-corrected chi connectivity index (χ3v) is 4.65. The van der Waals surface area contributed by atoms with E-state index in [1.54, 1.807) is 12.1 Å². The van der Waals surface area contributed by atoms with Crippen LogP contribution in [-0.2, 0) is 5.75 Å². The summed E-state index contributed by atoms with van der Waals surface area (Å²) in [5.74, 6) is -0.774. The van der Waals surface area contributed by atoms with Crippen LogP contribution in [0.15, 0.2) is 59.9 Å². The van der Waals surface area contributed by atoms with Crippen LogP contribution in [0.2, 0.25) is 0 Å². The second-order valence-electron chi connectivity index (χ2n) is 5.26. The molecule has 3 rings (SSSR count). The van der Waals surface area contributed by atoms with Gasteiger partial charge in [0, 0.05) is 11.4 Å². The van der Waals surface area contributed by atoms with Gasteiger partial charge in [-0.3, -0.25) is 4.57 Å². The number of rotatable bonds is 5. The number of nitrogens with zero attached hydrogens (tertiary/aromatic N) is 2. The molecule has 3 aromatic rings. The van der Waals surface area contributed by atoms with Gasteiger partial charge in [0.1, 0.15) is 5.82 Å². The Morgan fingerprint density at radius 1 is 1.21 bits per heavy atom. The molecule has 0 amide bonds. The van der Waals surface area contributed by atoms with E-state index in [0.717, 1.165) is 5.56 Å². The molecular formula is C18H15FN2O2S. The van der Waals surface area contributed by atoms with Crippen molar-refractivity contribution >= 4 is 17.7 Å². The van der Waals surface area contributed by atoms with Crippen molar-refractivity contribution in [3.05, 3.63) is 77.4 Å². The second-order valence-corrected chi connectivity index (χ2v) is 6.20. The number of carboxylic acids is 1. The molecule has 1 heterocycles. The fourth-order valence-corrected chi connectivity index (χ4v) is 3.41. The highest BCUT2D eigenvalue weighted by Crippen LogP contribution is 2.27. The Bertz CT molecular complexity index is 875. The molecule has 0 saturated carbocycles. The van der Waals surface area contributed by atoms with Crippen LogP contribution in [-0.4, -0.2) is 20.6 Å². The summed E-state index contributed by atoms with van der Waals surface area (Å²) >= 11 is 1.45. The van der Waals surface area contributed by atoms with Crippen molar-refractivity contribution in [1.29, 1.82) is 0 Å². The lowest BCUT2D eigenvalue weighted by Gasteiger charge is -2.10. The predicted molar refractivity (Wildman–Crippen MR) is 91.2 cm³/mol. The van der Waals surface area contributed by atoms with Gasteiger partial charge in [-0.1, -0.05) is 36.0 Å². The van der Waals surface area contributed by atoms with Gasteiger partial charge in [0.05, 0.1) is 6.20 Å². The van der Waals surface area contributed by atoms with Gasteiger partial charge >= 0.3 is 5.97 Å². The lowest BCUT2D eigenvalue weighted by molar-refractivity contribution is 0.0687. The minimum atomic E-state index is -1.07. The first-order valence-electron chi connectivity index (χ1n) is 7.30. The average Bonchev–Trinajstić information content (AvgIpc) is 2.99. The highest BCUT2D eigenvalue weighted by molar-refractivity contribution is 7.98. The summed E-state index contributed by atoms with van der Waals surface area (Å²) < 4.78 is 14.7. The van der Waals surface area contributed by atoms with Gasteiger partial charge in [0.2, 0.25) is 0 Å². The number of carboxylic acid groups (broad SMARTS) is 1. The lowest BCUT2D eigenvalue weighted by atomic mass is 10.1. The van der Waals surface area contributed by atoms with E-state index in [4.69, 9.17) is 0 Å². The number of benzene rings is 2. The third kappa shape index (κ3) is 3.33. The van der Waals surface area contributed by atoms with E-state index in [2.05, 4.69) is 4.98 Å². The standard InChI is InChI=1S/C18H15FN2O2S/c1-12-4-2-3-5-13(12)11-24-18-20-10-16(17(22)23)21(18)15-8-6-14(19)7-9-15/h2-10H,11H2,1H3,(H,22,23). The number of aromatic carboxylic acids is 1. The molecule has 0 atom stereocenters. The van der Waals surface area contributed by atoms with E-state index in [0.29, 0.717) is 16.6 Å². The smallest absolute Gasteiger partial charge is 0.354 e. The predicted octanol–water partition coefficient (Wildman–Crippen LogP) is 4.31. The summed E-state index contributed by atoms with van der Waals surface area (Å²) in [5.41, 5.74) is 2.95. The molecule has 0 aliphatic rings. The molecule has 2 aromatic carbocycles. The van der Waals surface area contributed by atoms with Crippen LogP contribution in [0.3, 0.4) is 0 Å². The Morgan fingerprint density at radius 3 is 2.58 bits per heavy atom. The quantitative estimate of drug-likeness (QED) is 0.702. The lowest BCUT2D eigenvalue weighted by Crippen LogP contribution is -2.07. The monoisotopic (exact) mass is 342 g/mol. The average molecular weight is 342 g/mol. The van der Waals surface area contributed by atoms with E-state index >= 15 is 0 Å². The number of carbonyl (C=O) groups is 1. The Balaban J connectivity index is 1.95. The molecule has 0 spiro atoms. The topological polar surface area (TPSA) is 55.1 Å². The van der Waals surface area contributed by atoms with Gasteiger partial charge in [-0.2, -0.15) is 0 Å². The van der Waals surface area contributed by atoms with Crippen molar-refractivity contribution in [1.82, 2.24) is 9.55 Å². The van der Waals surface area contributed by atoms with Gasteiger partial charge < -0.3 is 5.11 Å². The van der Waals surface area contributed by atoms with Crippen LogP contribution in [0.25, 0.3) is 5.69 Å². The zero-order valence-electron chi connectivity index (χ0n) is 12.9. The summed E-state index contributed by atoms with van der Waals surface area (Å²) in [6.45, 7) is 2.03. The molecule has 1 aromatic heterocycles. The maximum absolute atomic E-state index is 13.2. The summed E-state index contributed by atoms with van der Waals surface area (Å²) in [6.07, 6.45) is 1.33. The Kier molecular flexibility index (Phi) is 4.66. The van der Waals surface area contributed by atoms with Crippen molar-refractivity contribution in [2.24, 2.45) is 0 Å². The molecule has 0 bridgehead atoms. The highest BCUT2D eigenvalue weighted by Gasteiger charge is 2.18. The third-order valence-electron chi connectivity index (χ3n) is 3.65. The van der Waals surface area contributed by atoms with Crippen molar-refractivity contribution in [3.63, 3.8) is 0 Å². The zero-order chi connectivity index (χ0) is 17.1. The minimum Gasteiger partial charge on any atom is -0.477 e. The first kappa shape index (κ1) is 16.3. The van der Waals surface area contributed by atoms with Crippen LogP contribution in [0, 0.1) is 12.7 Å². The first-order chi connectivity index (χ1) is 11.6. The fourth-order valence-electron chi connectivity index (χ4n) is 2.34. The molecule has 24 heavy (non-hydrogen) atoms. The SMILES string of the molecule is Cc1ccccc1CSc1ncc(C(=O)O)n1-c1ccc(F)cc1. The summed E-state index contributed by atoms with van der Waals surface area (Å²) in [4.78, 5) is 15.7. The number of hydrogen-bond acceptors (Lipinski definition) is 3. The van der Waals surface area contributed by atoms with Gasteiger partial charge in [-0.15, -0.1) is 0 Å². The van der Waals surface area contributed by atoms with Crippen LogP contribution in [0.4, 0.5) is 4.39 Å². The van der Waals surface area contributed by atoms with Crippen LogP contribution in [0.1, 0.15) is 21.6 Å². The molecule has 0 unspecified atom stereocenters. The fraction of sp³-hybridized carbons (Fsp3) is 0.111. The molecule has 0 aliphatic heterocycles. The second kappa shape index (κ2) is 6.88. The van der Waals surface area contributed by atoms with Gasteiger partial charge in [0.25, 0.3) is 0 Å². The number of aryl methyl sites for hydroxylation is 1. The Morgan fingerprint density at radius 2 is 1.92 bits per heavy atom. The molecule has 122 valence electrons. The maximum atomic E-state index is 13.2. The van der Waals surface area contributed by atoms with Crippen LogP contribution < -0.4 is 0 Å². The molecule has 6 heteroatoms. The van der Waals surface area contributed by atoms with Crippen molar-refractivity contribution in [3.8, 4) is 5.69 Å². The van der Waals surface area contributed by atoms with E-state index in [-0.39, 0.29) is 11.5 Å². The van der Waals surface area contributed by atoms with Crippen LogP contribution >= 0.6 is 11.8 Å². The van der Waals surface area contributed by atoms with E-state index in [9.17, 15) is 14.3 Å². The number of thioether (sulfide) groups is 1. The van der Waals surface area contributed by atoms with Gasteiger partial charge in [0.15, 0.2) is 10.9 Å². The number of halogens is 1. The van der Waals surface area contributed by atoms with Crippen molar-refractivity contribution < 1.29 is 14.3 Å². The van der Waals surface area contributed by atoms with E-state index in [1.165, 1.54) is 40.2 Å². The highest BCUT2D eigenvalue weighted by atomic mass is 32.2. The molecule has 0 saturated heterocycles. The Hall–Kier alpha value is -2.60. The molecular weight excluding hydrogens is 327 g/mol. The van der Waals surface area contributed by atoms with Crippen LogP contribution in [0.5, 0.6) is 0 Å². The normalized spacial score (nSPS) is 10.8.